The largest absolute Gasteiger partial charge is 0.477 e. The third-order valence-corrected chi connectivity index (χ3v) is 3.92. The van der Waals surface area contributed by atoms with Gasteiger partial charge in [-0.1, -0.05) is 19.4 Å². The highest BCUT2D eigenvalue weighted by molar-refractivity contribution is 14.0. The molecule has 0 bridgehead atoms. The Bertz CT molecular complexity index is 488. The highest BCUT2D eigenvalue weighted by atomic mass is 127. The first-order valence-corrected chi connectivity index (χ1v) is 8.80. The fraction of sp³-hybridized carbons (Fsp3) is 0.667. The summed E-state index contributed by atoms with van der Waals surface area (Å²) in [5.74, 6) is 2.43. The number of aliphatic imine (C=N–C) groups is 1. The molecule has 0 unspecified atom stereocenters. The maximum absolute atomic E-state index is 5.66. The van der Waals surface area contributed by atoms with Gasteiger partial charge < -0.3 is 15.0 Å². The van der Waals surface area contributed by atoms with Gasteiger partial charge in [-0.15, -0.1) is 24.0 Å². The first-order valence-electron chi connectivity index (χ1n) is 8.80. The van der Waals surface area contributed by atoms with Crippen molar-refractivity contribution >= 4 is 29.9 Å². The van der Waals surface area contributed by atoms with Crippen LogP contribution in [0.4, 0.5) is 0 Å². The number of ether oxygens (including phenoxy) is 1. The molecule has 1 aromatic heterocycles. The molecule has 0 saturated heterocycles. The minimum atomic E-state index is 0. The first kappa shape index (κ1) is 21.0. The molecule has 1 N–H and O–H groups in total. The lowest BCUT2D eigenvalue weighted by atomic mass is 10.3. The van der Waals surface area contributed by atoms with Gasteiger partial charge in [-0.3, -0.25) is 0 Å². The lowest BCUT2D eigenvalue weighted by molar-refractivity contribution is 0.288. The summed E-state index contributed by atoms with van der Waals surface area (Å²) >= 11 is 0. The molecule has 6 heteroatoms. The molecule has 2 rings (SSSR count). The molecule has 1 aromatic rings. The zero-order chi connectivity index (χ0) is 16.5. The molecule has 24 heavy (non-hydrogen) atoms. The SMILES string of the molecule is CCCCN(C)C(=NCc1ccc(OCC2CC2)nc1)NCC.I. The number of rotatable bonds is 9. The summed E-state index contributed by atoms with van der Waals surface area (Å²) in [6.45, 7) is 7.63. The van der Waals surface area contributed by atoms with Crippen molar-refractivity contribution in [2.45, 2.75) is 46.1 Å². The summed E-state index contributed by atoms with van der Waals surface area (Å²) in [4.78, 5) is 11.3. The van der Waals surface area contributed by atoms with Crippen LogP contribution in [-0.2, 0) is 6.54 Å². The third-order valence-electron chi connectivity index (χ3n) is 3.92. The molecule has 0 spiro atoms. The van der Waals surface area contributed by atoms with Crippen molar-refractivity contribution in [1.29, 1.82) is 0 Å². The van der Waals surface area contributed by atoms with E-state index in [2.05, 4.69) is 36.1 Å². The van der Waals surface area contributed by atoms with Crippen LogP contribution in [0.2, 0.25) is 0 Å². The summed E-state index contributed by atoms with van der Waals surface area (Å²) in [6.07, 6.45) is 6.82. The van der Waals surface area contributed by atoms with E-state index in [0.29, 0.717) is 6.54 Å². The molecule has 0 radical (unpaired) electrons. The van der Waals surface area contributed by atoms with Gasteiger partial charge in [0.1, 0.15) is 0 Å². The molecular formula is C18H31IN4O. The van der Waals surface area contributed by atoms with Gasteiger partial charge in [-0.05, 0) is 37.7 Å². The Morgan fingerprint density at radius 2 is 2.17 bits per heavy atom. The molecule has 0 aromatic carbocycles. The quantitative estimate of drug-likeness (QED) is 0.357. The van der Waals surface area contributed by atoms with E-state index in [4.69, 9.17) is 9.73 Å². The van der Waals surface area contributed by atoms with Crippen LogP contribution in [0.15, 0.2) is 23.3 Å². The van der Waals surface area contributed by atoms with Gasteiger partial charge in [-0.2, -0.15) is 0 Å². The van der Waals surface area contributed by atoms with E-state index < -0.39 is 0 Å². The normalized spacial score (nSPS) is 14.0. The Morgan fingerprint density at radius 3 is 2.75 bits per heavy atom. The molecule has 1 heterocycles. The smallest absolute Gasteiger partial charge is 0.213 e. The predicted octanol–water partition coefficient (Wildman–Crippen LogP) is 3.69. The molecule has 5 nitrogen and oxygen atoms in total. The number of pyridine rings is 1. The van der Waals surface area contributed by atoms with Crippen LogP contribution in [0.1, 0.15) is 45.1 Å². The van der Waals surface area contributed by atoms with Gasteiger partial charge in [0, 0.05) is 32.4 Å². The standard InChI is InChI=1S/C18H30N4O.HI/c1-4-6-11-22(3)18(19-5-2)21-13-16-9-10-17(20-12-16)23-14-15-7-8-15;/h9-10,12,15H,4-8,11,13-14H2,1-3H3,(H,19,21);1H. The first-order chi connectivity index (χ1) is 11.2. The Morgan fingerprint density at radius 1 is 1.38 bits per heavy atom. The fourth-order valence-corrected chi connectivity index (χ4v) is 2.21. The third kappa shape index (κ3) is 7.68. The summed E-state index contributed by atoms with van der Waals surface area (Å²) in [5, 5.41) is 3.34. The molecule has 1 saturated carbocycles. The zero-order valence-corrected chi connectivity index (χ0v) is 17.5. The summed E-state index contributed by atoms with van der Waals surface area (Å²) < 4.78 is 5.66. The summed E-state index contributed by atoms with van der Waals surface area (Å²) in [6, 6.07) is 4.00. The molecular weight excluding hydrogens is 415 g/mol. The van der Waals surface area contributed by atoms with Crippen LogP contribution in [0.5, 0.6) is 5.88 Å². The number of aromatic nitrogens is 1. The fourth-order valence-electron chi connectivity index (χ4n) is 2.21. The van der Waals surface area contributed by atoms with E-state index >= 15 is 0 Å². The molecule has 0 atom stereocenters. The molecule has 136 valence electrons. The van der Waals surface area contributed by atoms with Crippen LogP contribution in [-0.4, -0.2) is 42.6 Å². The molecule has 1 aliphatic rings. The van der Waals surface area contributed by atoms with Crippen molar-refractivity contribution in [1.82, 2.24) is 15.2 Å². The van der Waals surface area contributed by atoms with Gasteiger partial charge in [0.2, 0.25) is 5.88 Å². The summed E-state index contributed by atoms with van der Waals surface area (Å²) in [5.41, 5.74) is 1.10. The van der Waals surface area contributed by atoms with Crippen molar-refractivity contribution < 1.29 is 4.74 Å². The van der Waals surface area contributed by atoms with E-state index in [0.717, 1.165) is 43.0 Å². The molecule has 0 aliphatic heterocycles. The highest BCUT2D eigenvalue weighted by Crippen LogP contribution is 2.29. The number of hydrogen-bond acceptors (Lipinski definition) is 3. The van der Waals surface area contributed by atoms with E-state index in [1.165, 1.54) is 25.7 Å². The number of hydrogen-bond donors (Lipinski definition) is 1. The van der Waals surface area contributed by atoms with Crippen LogP contribution in [0.3, 0.4) is 0 Å². The van der Waals surface area contributed by atoms with Crippen molar-refractivity contribution in [2.75, 3.05) is 26.7 Å². The van der Waals surface area contributed by atoms with Gasteiger partial charge >= 0.3 is 0 Å². The van der Waals surface area contributed by atoms with Crippen molar-refractivity contribution in [2.24, 2.45) is 10.9 Å². The number of nitrogens with zero attached hydrogens (tertiary/aromatic N) is 3. The molecule has 0 amide bonds. The minimum absolute atomic E-state index is 0. The highest BCUT2D eigenvalue weighted by Gasteiger charge is 2.21. The maximum atomic E-state index is 5.66. The Kier molecular flexibility index (Phi) is 10.1. The van der Waals surface area contributed by atoms with Gasteiger partial charge in [0.05, 0.1) is 13.2 Å². The van der Waals surface area contributed by atoms with E-state index in [1.54, 1.807) is 0 Å². The van der Waals surface area contributed by atoms with Crippen LogP contribution < -0.4 is 10.1 Å². The molecule has 1 fully saturated rings. The Hall–Kier alpha value is -1.05. The monoisotopic (exact) mass is 446 g/mol. The predicted molar refractivity (Wildman–Crippen MR) is 110 cm³/mol. The van der Waals surface area contributed by atoms with E-state index in [1.807, 2.05) is 18.3 Å². The Balaban J connectivity index is 0.00000288. The van der Waals surface area contributed by atoms with Crippen LogP contribution in [0.25, 0.3) is 0 Å². The second-order valence-electron chi connectivity index (χ2n) is 6.20. The van der Waals surface area contributed by atoms with E-state index in [-0.39, 0.29) is 24.0 Å². The average molecular weight is 446 g/mol. The van der Waals surface area contributed by atoms with Crippen molar-refractivity contribution in [3.05, 3.63) is 23.9 Å². The van der Waals surface area contributed by atoms with Crippen molar-refractivity contribution in [3.8, 4) is 5.88 Å². The van der Waals surface area contributed by atoms with Gasteiger partial charge in [0.15, 0.2) is 5.96 Å². The van der Waals surface area contributed by atoms with E-state index in [9.17, 15) is 0 Å². The van der Waals surface area contributed by atoms with Gasteiger partial charge in [0.25, 0.3) is 0 Å². The lowest BCUT2D eigenvalue weighted by Crippen LogP contribution is -2.39. The molecule has 1 aliphatic carbocycles. The zero-order valence-electron chi connectivity index (χ0n) is 15.1. The lowest BCUT2D eigenvalue weighted by Gasteiger charge is -2.21. The van der Waals surface area contributed by atoms with Crippen molar-refractivity contribution in [3.63, 3.8) is 0 Å². The van der Waals surface area contributed by atoms with Crippen LogP contribution >= 0.6 is 24.0 Å². The number of nitrogens with one attached hydrogen (secondary N) is 1. The Labute approximate surface area is 163 Å². The second-order valence-corrected chi connectivity index (χ2v) is 6.20. The van der Waals surface area contributed by atoms with Crippen LogP contribution in [0, 0.1) is 5.92 Å². The maximum Gasteiger partial charge on any atom is 0.213 e. The average Bonchev–Trinajstić information content (AvgIpc) is 3.40. The summed E-state index contributed by atoms with van der Waals surface area (Å²) in [7, 11) is 2.09. The van der Waals surface area contributed by atoms with Gasteiger partial charge in [-0.25, -0.2) is 9.98 Å². The second kappa shape index (κ2) is 11.5. The number of halogens is 1. The topological polar surface area (TPSA) is 49.8 Å². The number of unbranched alkanes of at least 4 members (excludes halogenated alkanes) is 1. The number of guanidine groups is 1. The minimum Gasteiger partial charge on any atom is -0.477 e.